The molecule has 0 amide bonds. The number of fused-ring (bicyclic) bond motifs is 6. The van der Waals surface area contributed by atoms with Crippen molar-refractivity contribution in [2.75, 3.05) is 26.4 Å². The van der Waals surface area contributed by atoms with E-state index >= 15 is 0 Å². The minimum atomic E-state index is -0.683. The molecule has 5 rings (SSSR count). The Morgan fingerprint density at radius 3 is 1.32 bits per heavy atom. The molecule has 9 nitrogen and oxygen atoms in total. The number of esters is 2. The van der Waals surface area contributed by atoms with Gasteiger partial charge in [0, 0.05) is 0 Å². The van der Waals surface area contributed by atoms with Crippen molar-refractivity contribution in [3.05, 3.63) is 114 Å². The molecule has 0 unspecified atom stereocenters. The summed E-state index contributed by atoms with van der Waals surface area (Å²) in [7, 11) is 0. The zero-order valence-corrected chi connectivity index (χ0v) is 21.6. The van der Waals surface area contributed by atoms with Crippen molar-refractivity contribution in [1.29, 1.82) is 0 Å². The highest BCUT2D eigenvalue weighted by Gasteiger charge is 2.15. The van der Waals surface area contributed by atoms with E-state index in [1.807, 2.05) is 60.7 Å². The predicted octanol–water partition coefficient (Wildman–Crippen LogP) is 5.02. The lowest BCUT2D eigenvalue weighted by Gasteiger charge is -2.15. The fourth-order valence-electron chi connectivity index (χ4n) is 3.89. The summed E-state index contributed by atoms with van der Waals surface area (Å²) in [5.74, 6) is 0.792. The number of rotatable bonds is 0. The van der Waals surface area contributed by atoms with Gasteiger partial charge in [0.25, 0.3) is 0 Å². The molecule has 9 heteroatoms. The first-order valence-corrected chi connectivity index (χ1v) is 12.7. The van der Waals surface area contributed by atoms with Gasteiger partial charge >= 0.3 is 11.9 Å². The number of carbonyl (C=O) groups is 2. The molecule has 0 N–H and O–H groups in total. The van der Waals surface area contributed by atoms with Crippen molar-refractivity contribution >= 4 is 11.9 Å². The number of benzene rings is 3. The summed E-state index contributed by atoms with van der Waals surface area (Å²) in [4.78, 5) is 29.1. The Labute approximate surface area is 231 Å². The fraction of sp³-hybridized carbons (Fsp3) is 0.194. The molecular weight excluding hydrogens is 514 g/mol. The number of aromatic nitrogens is 1. The van der Waals surface area contributed by atoms with Gasteiger partial charge in [-0.25, -0.2) is 14.6 Å². The van der Waals surface area contributed by atoms with Crippen molar-refractivity contribution in [2.24, 2.45) is 0 Å². The third-order valence-electron chi connectivity index (χ3n) is 5.79. The van der Waals surface area contributed by atoms with Gasteiger partial charge in [0.15, 0.2) is 23.0 Å². The van der Waals surface area contributed by atoms with Gasteiger partial charge in [-0.1, -0.05) is 48.5 Å². The number of carbonyl (C=O) groups excluding carboxylic acids is 2. The topological polar surface area (TPSA) is 102 Å². The molecule has 0 aliphatic carbocycles. The lowest BCUT2D eigenvalue weighted by Crippen LogP contribution is -2.17. The van der Waals surface area contributed by atoms with Gasteiger partial charge in [0.05, 0.1) is 0 Å². The lowest BCUT2D eigenvalue weighted by atomic mass is 10.1. The van der Waals surface area contributed by atoms with Crippen LogP contribution in [0.15, 0.2) is 91.0 Å². The van der Waals surface area contributed by atoms with Gasteiger partial charge in [-0.3, -0.25) is 0 Å². The third-order valence-corrected chi connectivity index (χ3v) is 5.79. The molecule has 3 aromatic carbocycles. The number of hydrogen-bond acceptors (Lipinski definition) is 9. The zero-order chi connectivity index (χ0) is 27.6. The second kappa shape index (κ2) is 13.1. The average Bonchev–Trinajstić information content (AvgIpc) is 3.00. The summed E-state index contributed by atoms with van der Waals surface area (Å²) in [6.07, 6.45) is 0. The van der Waals surface area contributed by atoms with Crippen LogP contribution in [0.25, 0.3) is 0 Å². The zero-order valence-electron chi connectivity index (χ0n) is 21.6. The molecule has 40 heavy (non-hydrogen) atoms. The minimum Gasteiger partial charge on any atom is -0.486 e. The van der Waals surface area contributed by atoms with Crippen LogP contribution in [0.5, 0.6) is 23.0 Å². The normalized spacial score (nSPS) is 14.7. The van der Waals surface area contributed by atoms with Gasteiger partial charge in [-0.05, 0) is 53.6 Å². The smallest absolute Gasteiger partial charge is 0.357 e. The second-order valence-electron chi connectivity index (χ2n) is 8.67. The predicted molar refractivity (Wildman–Crippen MR) is 144 cm³/mol. The van der Waals surface area contributed by atoms with Crippen molar-refractivity contribution in [1.82, 2.24) is 4.98 Å². The van der Waals surface area contributed by atoms with Gasteiger partial charge in [-0.2, -0.15) is 0 Å². The van der Waals surface area contributed by atoms with Gasteiger partial charge in [0.2, 0.25) is 0 Å². The van der Waals surface area contributed by atoms with E-state index in [0.29, 0.717) is 36.2 Å². The number of ether oxygens (including phenoxy) is 6. The SMILES string of the molecule is O=C1OCCOc2ccccc2OCc2cccc(c2)COc2ccccc2OCCOC(=O)c2cccc1n2. The molecule has 4 aromatic rings. The summed E-state index contributed by atoms with van der Waals surface area (Å²) in [5.41, 5.74) is 1.88. The van der Waals surface area contributed by atoms with E-state index in [-0.39, 0.29) is 37.8 Å². The van der Waals surface area contributed by atoms with E-state index in [1.165, 1.54) is 18.2 Å². The van der Waals surface area contributed by atoms with E-state index in [2.05, 4.69) is 4.98 Å². The van der Waals surface area contributed by atoms with E-state index in [4.69, 9.17) is 28.4 Å². The number of para-hydroxylation sites is 4. The lowest BCUT2D eigenvalue weighted by molar-refractivity contribution is 0.0432. The highest BCUT2D eigenvalue weighted by molar-refractivity contribution is 5.91. The average molecular weight is 542 g/mol. The van der Waals surface area contributed by atoms with Crippen LogP contribution in [-0.4, -0.2) is 43.4 Å². The molecule has 1 aliphatic rings. The van der Waals surface area contributed by atoms with Crippen molar-refractivity contribution in [3.63, 3.8) is 0 Å². The Morgan fingerprint density at radius 1 is 0.450 bits per heavy atom. The minimum absolute atomic E-state index is 0.0165. The molecule has 0 fully saturated rings. The molecule has 0 radical (unpaired) electrons. The molecule has 1 aromatic heterocycles. The monoisotopic (exact) mass is 541 g/mol. The first kappa shape index (κ1) is 26.6. The molecule has 0 saturated heterocycles. The van der Waals surface area contributed by atoms with Crippen LogP contribution in [0, 0.1) is 0 Å². The van der Waals surface area contributed by atoms with E-state index in [0.717, 1.165) is 11.1 Å². The number of hydrogen-bond donors (Lipinski definition) is 0. The Balaban J connectivity index is 1.34. The molecule has 4 bridgehead atoms. The molecule has 0 atom stereocenters. The molecule has 204 valence electrons. The third kappa shape index (κ3) is 7.08. The highest BCUT2D eigenvalue weighted by atomic mass is 16.6. The standard InChI is InChI=1S/C31H27NO8/c33-30-24-9-6-10-25(32-24)31(34)38-18-16-36-27-12-2-4-14-29(27)40-21-23-8-5-7-22(19-23)20-39-28-13-3-1-11-26(28)35-15-17-37-30/h1-14,19H,15-18,20-21H2. The van der Waals surface area contributed by atoms with E-state index < -0.39 is 11.9 Å². The van der Waals surface area contributed by atoms with Crippen molar-refractivity contribution in [3.8, 4) is 23.0 Å². The van der Waals surface area contributed by atoms with Crippen LogP contribution in [0.1, 0.15) is 32.1 Å². The number of cyclic esters (lactones) is 2. The van der Waals surface area contributed by atoms with Crippen LogP contribution >= 0.6 is 0 Å². The summed E-state index contributed by atoms with van der Waals surface area (Å²) in [5, 5.41) is 0. The summed E-state index contributed by atoms with van der Waals surface area (Å²) >= 11 is 0. The first-order chi connectivity index (χ1) is 19.7. The Bertz CT molecular complexity index is 1370. The summed E-state index contributed by atoms with van der Waals surface area (Å²) in [6.45, 7) is 0.798. The van der Waals surface area contributed by atoms with Gasteiger partial charge < -0.3 is 28.4 Å². The highest BCUT2D eigenvalue weighted by Crippen LogP contribution is 2.29. The molecule has 0 saturated carbocycles. The van der Waals surface area contributed by atoms with Crippen LogP contribution < -0.4 is 18.9 Å². The number of pyridine rings is 1. The second-order valence-corrected chi connectivity index (χ2v) is 8.67. The first-order valence-electron chi connectivity index (χ1n) is 12.7. The quantitative estimate of drug-likeness (QED) is 0.284. The Morgan fingerprint density at radius 2 is 0.850 bits per heavy atom. The molecule has 0 spiro atoms. The molecule has 2 heterocycles. The largest absolute Gasteiger partial charge is 0.486 e. The Hall–Kier alpha value is -5.05. The molecular formula is C31H27NO8. The van der Waals surface area contributed by atoms with Gasteiger partial charge in [0.1, 0.15) is 51.0 Å². The van der Waals surface area contributed by atoms with E-state index in [9.17, 15) is 9.59 Å². The van der Waals surface area contributed by atoms with Crippen LogP contribution in [0.2, 0.25) is 0 Å². The summed E-state index contributed by atoms with van der Waals surface area (Å²) in [6, 6.07) is 26.9. The maximum absolute atomic E-state index is 12.5. The number of nitrogens with zero attached hydrogens (tertiary/aromatic N) is 1. The van der Waals surface area contributed by atoms with E-state index in [1.54, 1.807) is 12.1 Å². The van der Waals surface area contributed by atoms with Crippen molar-refractivity contribution < 1.29 is 38.0 Å². The Kier molecular flexibility index (Phi) is 8.73. The van der Waals surface area contributed by atoms with Crippen molar-refractivity contribution in [2.45, 2.75) is 13.2 Å². The fourth-order valence-corrected chi connectivity index (χ4v) is 3.89. The van der Waals surface area contributed by atoms with Crippen LogP contribution in [0.3, 0.4) is 0 Å². The molecule has 1 aliphatic heterocycles. The maximum atomic E-state index is 12.5. The maximum Gasteiger partial charge on any atom is 0.357 e. The van der Waals surface area contributed by atoms with Gasteiger partial charge in [-0.15, -0.1) is 0 Å². The van der Waals surface area contributed by atoms with Crippen LogP contribution in [0.4, 0.5) is 0 Å². The summed E-state index contributed by atoms with van der Waals surface area (Å²) < 4.78 is 34.2. The van der Waals surface area contributed by atoms with Crippen LogP contribution in [-0.2, 0) is 22.7 Å².